The molecule has 0 radical (unpaired) electrons. The van der Waals surface area contributed by atoms with Crippen LogP contribution in [0.1, 0.15) is 47.2 Å². The molecule has 18 heavy (non-hydrogen) atoms. The van der Waals surface area contributed by atoms with Crippen molar-refractivity contribution in [3.8, 4) is 0 Å². The van der Waals surface area contributed by atoms with Crippen LogP contribution >= 0.6 is 22.9 Å². The van der Waals surface area contributed by atoms with E-state index in [1.807, 2.05) is 11.4 Å². The lowest BCUT2D eigenvalue weighted by atomic mass is 9.80. The van der Waals surface area contributed by atoms with E-state index in [0.29, 0.717) is 0 Å². The summed E-state index contributed by atoms with van der Waals surface area (Å²) in [7, 11) is 0. The van der Waals surface area contributed by atoms with Gasteiger partial charge in [-0.05, 0) is 41.3 Å². The Bertz CT molecular complexity index is 528. The van der Waals surface area contributed by atoms with Gasteiger partial charge in [0.25, 0.3) is 0 Å². The standard InChI is InChI=1S/C15H16ClNS/c16-13-8-9-18-15(13)14(17)12-6-4-11(5-7-12)10-2-1-3-10/h4-10,14H,1-3,17H2. The van der Waals surface area contributed by atoms with Crippen molar-refractivity contribution in [2.75, 3.05) is 0 Å². The van der Waals surface area contributed by atoms with Crippen LogP contribution in [0.15, 0.2) is 35.7 Å². The van der Waals surface area contributed by atoms with E-state index < -0.39 is 0 Å². The summed E-state index contributed by atoms with van der Waals surface area (Å²) in [5.74, 6) is 0.778. The molecule has 1 nitrogen and oxygen atoms in total. The molecule has 1 aromatic heterocycles. The number of hydrogen-bond donors (Lipinski definition) is 1. The highest BCUT2D eigenvalue weighted by atomic mass is 35.5. The first-order chi connectivity index (χ1) is 8.75. The Morgan fingerprint density at radius 2 is 1.89 bits per heavy atom. The van der Waals surface area contributed by atoms with Gasteiger partial charge in [0, 0.05) is 4.88 Å². The van der Waals surface area contributed by atoms with E-state index in [0.717, 1.165) is 21.4 Å². The third kappa shape index (κ3) is 2.20. The minimum absolute atomic E-state index is 0.104. The minimum Gasteiger partial charge on any atom is -0.320 e. The Kier molecular flexibility index (Phi) is 3.42. The topological polar surface area (TPSA) is 26.0 Å². The lowest BCUT2D eigenvalue weighted by molar-refractivity contribution is 0.419. The zero-order valence-electron chi connectivity index (χ0n) is 10.1. The molecule has 0 spiro atoms. The molecule has 0 bridgehead atoms. The molecule has 0 amide bonds. The van der Waals surface area contributed by atoms with E-state index in [1.165, 1.54) is 24.8 Å². The fourth-order valence-electron chi connectivity index (χ4n) is 2.40. The van der Waals surface area contributed by atoms with E-state index >= 15 is 0 Å². The Balaban J connectivity index is 1.82. The van der Waals surface area contributed by atoms with Crippen molar-refractivity contribution >= 4 is 22.9 Å². The van der Waals surface area contributed by atoms with Crippen molar-refractivity contribution in [2.45, 2.75) is 31.2 Å². The van der Waals surface area contributed by atoms with Gasteiger partial charge in [-0.3, -0.25) is 0 Å². The zero-order chi connectivity index (χ0) is 12.5. The molecule has 1 aliphatic carbocycles. The van der Waals surface area contributed by atoms with E-state index in [1.54, 1.807) is 11.3 Å². The van der Waals surface area contributed by atoms with Crippen LogP contribution in [0.4, 0.5) is 0 Å². The summed E-state index contributed by atoms with van der Waals surface area (Å²) in [5, 5.41) is 2.76. The van der Waals surface area contributed by atoms with Gasteiger partial charge in [0.05, 0.1) is 11.1 Å². The van der Waals surface area contributed by atoms with Crippen molar-refractivity contribution in [2.24, 2.45) is 5.73 Å². The number of halogens is 1. The number of thiophene rings is 1. The monoisotopic (exact) mass is 277 g/mol. The van der Waals surface area contributed by atoms with Crippen molar-refractivity contribution in [3.05, 3.63) is 56.7 Å². The van der Waals surface area contributed by atoms with Crippen LogP contribution in [0.3, 0.4) is 0 Å². The Morgan fingerprint density at radius 1 is 1.17 bits per heavy atom. The van der Waals surface area contributed by atoms with Gasteiger partial charge in [-0.1, -0.05) is 42.3 Å². The summed E-state index contributed by atoms with van der Waals surface area (Å²) >= 11 is 7.75. The second-order valence-corrected chi connectivity index (χ2v) is 6.26. The molecule has 1 aliphatic rings. The summed E-state index contributed by atoms with van der Waals surface area (Å²) < 4.78 is 0. The van der Waals surface area contributed by atoms with Crippen LogP contribution < -0.4 is 5.73 Å². The summed E-state index contributed by atoms with van der Waals surface area (Å²) in [4.78, 5) is 1.05. The summed E-state index contributed by atoms with van der Waals surface area (Å²) in [6, 6.07) is 10.5. The lowest BCUT2D eigenvalue weighted by Gasteiger charge is -2.26. The average Bonchev–Trinajstić information content (AvgIpc) is 2.73. The highest BCUT2D eigenvalue weighted by Gasteiger charge is 2.20. The van der Waals surface area contributed by atoms with E-state index in [4.69, 9.17) is 17.3 Å². The number of rotatable bonds is 3. The largest absolute Gasteiger partial charge is 0.320 e. The molecule has 1 heterocycles. The SMILES string of the molecule is NC(c1ccc(C2CCC2)cc1)c1sccc1Cl. The Labute approximate surface area is 117 Å². The fourth-order valence-corrected chi connectivity index (χ4v) is 3.60. The maximum atomic E-state index is 6.26. The molecular formula is C15H16ClNS. The van der Waals surface area contributed by atoms with Gasteiger partial charge < -0.3 is 5.73 Å². The minimum atomic E-state index is -0.104. The van der Waals surface area contributed by atoms with Gasteiger partial charge in [0.15, 0.2) is 0 Å². The second-order valence-electron chi connectivity index (χ2n) is 4.90. The average molecular weight is 278 g/mol. The summed E-state index contributed by atoms with van der Waals surface area (Å²) in [6.07, 6.45) is 4.04. The van der Waals surface area contributed by atoms with Crippen LogP contribution in [-0.4, -0.2) is 0 Å². The first-order valence-corrected chi connectivity index (χ1v) is 7.60. The predicted octanol–water partition coefficient (Wildman–Crippen LogP) is 4.72. The van der Waals surface area contributed by atoms with Gasteiger partial charge in [-0.15, -0.1) is 11.3 Å². The molecule has 0 saturated heterocycles. The van der Waals surface area contributed by atoms with Crippen molar-refractivity contribution in [1.82, 2.24) is 0 Å². The molecule has 94 valence electrons. The van der Waals surface area contributed by atoms with Gasteiger partial charge in [-0.25, -0.2) is 0 Å². The lowest BCUT2D eigenvalue weighted by Crippen LogP contribution is -2.12. The molecule has 1 aromatic carbocycles. The molecular weight excluding hydrogens is 262 g/mol. The molecule has 1 unspecified atom stereocenters. The maximum Gasteiger partial charge on any atom is 0.0661 e. The van der Waals surface area contributed by atoms with Crippen molar-refractivity contribution in [3.63, 3.8) is 0 Å². The fraction of sp³-hybridized carbons (Fsp3) is 0.333. The van der Waals surface area contributed by atoms with Crippen LogP contribution in [0.25, 0.3) is 0 Å². The molecule has 3 heteroatoms. The molecule has 3 rings (SSSR count). The maximum absolute atomic E-state index is 6.26. The third-order valence-corrected chi connectivity index (χ3v) is 5.24. The van der Waals surface area contributed by atoms with Gasteiger partial charge in [-0.2, -0.15) is 0 Å². The first-order valence-electron chi connectivity index (χ1n) is 6.34. The molecule has 1 saturated carbocycles. The van der Waals surface area contributed by atoms with Crippen LogP contribution in [0.2, 0.25) is 5.02 Å². The van der Waals surface area contributed by atoms with Gasteiger partial charge in [0.2, 0.25) is 0 Å². The highest BCUT2D eigenvalue weighted by molar-refractivity contribution is 7.10. The molecule has 1 atom stereocenters. The van der Waals surface area contributed by atoms with E-state index in [9.17, 15) is 0 Å². The van der Waals surface area contributed by atoms with Crippen LogP contribution in [0.5, 0.6) is 0 Å². The quantitative estimate of drug-likeness (QED) is 0.863. The zero-order valence-corrected chi connectivity index (χ0v) is 11.7. The normalized spacial score (nSPS) is 17.4. The smallest absolute Gasteiger partial charge is 0.0661 e. The summed E-state index contributed by atoms with van der Waals surface area (Å²) in [6.45, 7) is 0. The molecule has 0 aliphatic heterocycles. The number of nitrogens with two attached hydrogens (primary N) is 1. The van der Waals surface area contributed by atoms with Crippen LogP contribution in [0, 0.1) is 0 Å². The van der Waals surface area contributed by atoms with Crippen LogP contribution in [-0.2, 0) is 0 Å². The molecule has 2 N–H and O–H groups in total. The Hall–Kier alpha value is -0.830. The number of hydrogen-bond acceptors (Lipinski definition) is 2. The van der Waals surface area contributed by atoms with Crippen molar-refractivity contribution < 1.29 is 0 Å². The number of benzene rings is 1. The van der Waals surface area contributed by atoms with Crippen molar-refractivity contribution in [1.29, 1.82) is 0 Å². The predicted molar refractivity (Wildman–Crippen MR) is 78.4 cm³/mol. The highest BCUT2D eigenvalue weighted by Crippen LogP contribution is 2.37. The molecule has 1 fully saturated rings. The van der Waals surface area contributed by atoms with E-state index in [2.05, 4.69) is 24.3 Å². The Morgan fingerprint density at radius 3 is 2.39 bits per heavy atom. The van der Waals surface area contributed by atoms with Gasteiger partial charge >= 0.3 is 0 Å². The molecule has 2 aromatic rings. The second kappa shape index (κ2) is 5.04. The van der Waals surface area contributed by atoms with Gasteiger partial charge in [0.1, 0.15) is 0 Å². The first kappa shape index (κ1) is 12.2. The van der Waals surface area contributed by atoms with E-state index in [-0.39, 0.29) is 6.04 Å². The summed E-state index contributed by atoms with van der Waals surface area (Å²) in [5.41, 5.74) is 8.85. The third-order valence-electron chi connectivity index (χ3n) is 3.80.